The number of thiophene rings is 1. The van der Waals surface area contributed by atoms with Gasteiger partial charge in [0.15, 0.2) is 5.16 Å². The van der Waals surface area contributed by atoms with Crippen LogP contribution < -0.4 is 5.73 Å². The van der Waals surface area contributed by atoms with E-state index in [2.05, 4.69) is 43.1 Å². The Labute approximate surface area is 161 Å². The predicted molar refractivity (Wildman–Crippen MR) is 111 cm³/mol. The summed E-state index contributed by atoms with van der Waals surface area (Å²) in [4.78, 5) is 11.5. The van der Waals surface area contributed by atoms with E-state index in [1.54, 1.807) is 23.1 Å². The molecule has 0 bridgehead atoms. The van der Waals surface area contributed by atoms with Crippen molar-refractivity contribution in [3.63, 3.8) is 0 Å². The van der Waals surface area contributed by atoms with E-state index in [1.807, 2.05) is 18.2 Å². The normalized spacial score (nSPS) is 16.2. The number of nitrogen functional groups attached to an aromatic ring is 1. The molecular weight excluding hydrogens is 362 g/mol. The number of aromatic nitrogens is 2. The topological polar surface area (TPSA) is 61.0 Å². The lowest BCUT2D eigenvalue weighted by atomic mass is 9.94. The zero-order valence-corrected chi connectivity index (χ0v) is 16.5. The molecule has 0 saturated carbocycles. The second kappa shape index (κ2) is 7.02. The Hall–Kier alpha value is -1.89. The van der Waals surface area contributed by atoms with Crippen molar-refractivity contribution < 1.29 is 4.74 Å². The monoisotopic (exact) mass is 383 g/mol. The number of hydrogen-bond donors (Lipinski definition) is 1. The summed E-state index contributed by atoms with van der Waals surface area (Å²) < 4.78 is 5.92. The lowest BCUT2D eigenvalue weighted by Crippen LogP contribution is -2.31. The molecule has 0 spiro atoms. The van der Waals surface area contributed by atoms with Crippen molar-refractivity contribution in [3.05, 3.63) is 52.4 Å². The highest BCUT2D eigenvalue weighted by Crippen LogP contribution is 2.40. The summed E-state index contributed by atoms with van der Waals surface area (Å²) in [6.45, 7) is 4.85. The maximum Gasteiger partial charge on any atom is 0.191 e. The fourth-order valence-electron chi connectivity index (χ4n) is 3.09. The van der Waals surface area contributed by atoms with Crippen LogP contribution in [0, 0.1) is 0 Å². The molecule has 134 valence electrons. The fraction of sp³-hybridized carbons (Fsp3) is 0.300. The highest BCUT2D eigenvalue weighted by atomic mass is 32.2. The maximum absolute atomic E-state index is 6.29. The summed E-state index contributed by atoms with van der Waals surface area (Å²) in [6.07, 6.45) is 5.08. The molecule has 1 aliphatic heterocycles. The first-order valence-corrected chi connectivity index (χ1v) is 10.4. The molecule has 2 aromatic heterocycles. The zero-order valence-electron chi connectivity index (χ0n) is 14.9. The number of anilines is 1. The van der Waals surface area contributed by atoms with Gasteiger partial charge in [-0.3, -0.25) is 0 Å². The van der Waals surface area contributed by atoms with E-state index >= 15 is 0 Å². The van der Waals surface area contributed by atoms with Crippen molar-refractivity contribution in [3.8, 4) is 0 Å². The molecule has 4 nitrogen and oxygen atoms in total. The predicted octanol–water partition coefficient (Wildman–Crippen LogP) is 4.93. The Kier molecular flexibility index (Phi) is 4.73. The van der Waals surface area contributed by atoms with Gasteiger partial charge in [-0.25, -0.2) is 9.97 Å². The number of nitrogens with zero attached hydrogens (tertiary/aromatic N) is 2. The third kappa shape index (κ3) is 3.63. The van der Waals surface area contributed by atoms with Crippen molar-refractivity contribution in [2.45, 2.75) is 37.6 Å². The van der Waals surface area contributed by atoms with E-state index < -0.39 is 0 Å². The van der Waals surface area contributed by atoms with Gasteiger partial charge < -0.3 is 10.5 Å². The van der Waals surface area contributed by atoms with Crippen LogP contribution >= 0.6 is 23.1 Å². The first-order chi connectivity index (χ1) is 12.5. The molecule has 0 saturated heterocycles. The van der Waals surface area contributed by atoms with Crippen LogP contribution in [0.3, 0.4) is 0 Å². The molecule has 1 aliphatic rings. The average Bonchev–Trinajstić information content (AvgIpc) is 2.96. The SMILES string of the molecule is CC1(C)Cc2c(sc3nc(SC/C=C/c4ccccc4)nc(N)c23)CO1. The van der Waals surface area contributed by atoms with Crippen molar-refractivity contribution in [1.82, 2.24) is 9.97 Å². The minimum absolute atomic E-state index is 0.164. The van der Waals surface area contributed by atoms with Gasteiger partial charge in [-0.1, -0.05) is 54.2 Å². The van der Waals surface area contributed by atoms with Gasteiger partial charge in [-0.15, -0.1) is 11.3 Å². The maximum atomic E-state index is 6.29. The number of rotatable bonds is 4. The third-order valence-electron chi connectivity index (χ3n) is 4.36. The molecule has 3 aromatic rings. The van der Waals surface area contributed by atoms with Crippen LogP contribution in [-0.4, -0.2) is 21.3 Å². The van der Waals surface area contributed by atoms with E-state index in [0.29, 0.717) is 12.4 Å². The number of ether oxygens (including phenoxy) is 1. The summed E-state index contributed by atoms with van der Waals surface area (Å²) in [5.74, 6) is 1.39. The molecule has 0 atom stereocenters. The molecule has 1 aromatic carbocycles. The summed E-state index contributed by atoms with van der Waals surface area (Å²) >= 11 is 3.28. The molecule has 2 N–H and O–H groups in total. The molecule has 4 rings (SSSR count). The average molecular weight is 384 g/mol. The zero-order chi connectivity index (χ0) is 18.1. The lowest BCUT2D eigenvalue weighted by molar-refractivity contribution is -0.0379. The number of fused-ring (bicyclic) bond motifs is 3. The number of benzene rings is 1. The van der Waals surface area contributed by atoms with Crippen LogP contribution in [0.4, 0.5) is 5.82 Å². The van der Waals surface area contributed by atoms with E-state index in [0.717, 1.165) is 27.5 Å². The number of nitrogens with two attached hydrogens (primary N) is 1. The largest absolute Gasteiger partial charge is 0.383 e. The molecule has 0 radical (unpaired) electrons. The molecule has 0 aliphatic carbocycles. The second-order valence-electron chi connectivity index (χ2n) is 6.92. The van der Waals surface area contributed by atoms with Gasteiger partial charge in [0, 0.05) is 17.1 Å². The van der Waals surface area contributed by atoms with Crippen LogP contribution in [0.1, 0.15) is 29.9 Å². The van der Waals surface area contributed by atoms with Crippen LogP contribution in [-0.2, 0) is 17.8 Å². The van der Waals surface area contributed by atoms with Crippen molar-refractivity contribution in [2.75, 3.05) is 11.5 Å². The van der Waals surface area contributed by atoms with Gasteiger partial charge in [-0.05, 0) is 25.0 Å². The molecule has 6 heteroatoms. The minimum Gasteiger partial charge on any atom is -0.383 e. The minimum atomic E-state index is -0.164. The second-order valence-corrected chi connectivity index (χ2v) is 9.00. The van der Waals surface area contributed by atoms with E-state index in [9.17, 15) is 0 Å². The number of hydrogen-bond acceptors (Lipinski definition) is 6. The van der Waals surface area contributed by atoms with Crippen molar-refractivity contribution >= 4 is 45.2 Å². The Balaban J connectivity index is 1.54. The third-order valence-corrected chi connectivity index (χ3v) is 6.26. The summed E-state index contributed by atoms with van der Waals surface area (Å²) in [5.41, 5.74) is 8.58. The molecule has 26 heavy (non-hydrogen) atoms. The van der Waals surface area contributed by atoms with Crippen LogP contribution in [0.15, 0.2) is 41.6 Å². The Morgan fingerprint density at radius 1 is 1.27 bits per heavy atom. The molecule has 0 amide bonds. The van der Waals surface area contributed by atoms with Crippen LogP contribution in [0.2, 0.25) is 0 Å². The standard InChI is InChI=1S/C20H21N3OS2/c1-20(2)11-14-15(12-24-20)26-18-16(14)17(21)22-19(23-18)25-10-6-9-13-7-4-3-5-8-13/h3-9H,10-12H2,1-2H3,(H2,21,22,23)/b9-6+. The highest BCUT2D eigenvalue weighted by Gasteiger charge is 2.30. The van der Waals surface area contributed by atoms with Gasteiger partial charge in [-0.2, -0.15) is 0 Å². The summed E-state index contributed by atoms with van der Waals surface area (Å²) in [7, 11) is 0. The van der Waals surface area contributed by atoms with E-state index in [1.165, 1.54) is 16.0 Å². The van der Waals surface area contributed by atoms with Crippen LogP contribution in [0.5, 0.6) is 0 Å². The smallest absolute Gasteiger partial charge is 0.191 e. The van der Waals surface area contributed by atoms with E-state index in [-0.39, 0.29) is 5.60 Å². The molecule has 3 heterocycles. The van der Waals surface area contributed by atoms with Gasteiger partial charge in [0.1, 0.15) is 10.6 Å². The Morgan fingerprint density at radius 2 is 2.08 bits per heavy atom. The van der Waals surface area contributed by atoms with Crippen molar-refractivity contribution in [1.29, 1.82) is 0 Å². The van der Waals surface area contributed by atoms with Gasteiger partial charge in [0.05, 0.1) is 17.6 Å². The van der Waals surface area contributed by atoms with E-state index in [4.69, 9.17) is 15.5 Å². The van der Waals surface area contributed by atoms with Gasteiger partial charge >= 0.3 is 0 Å². The highest BCUT2D eigenvalue weighted by molar-refractivity contribution is 7.99. The summed E-state index contributed by atoms with van der Waals surface area (Å²) in [5, 5.41) is 1.75. The number of thioether (sulfide) groups is 1. The summed E-state index contributed by atoms with van der Waals surface area (Å²) in [6, 6.07) is 10.3. The van der Waals surface area contributed by atoms with Gasteiger partial charge in [0.25, 0.3) is 0 Å². The lowest BCUT2D eigenvalue weighted by Gasteiger charge is -2.30. The first kappa shape index (κ1) is 17.5. The van der Waals surface area contributed by atoms with Crippen molar-refractivity contribution in [2.24, 2.45) is 0 Å². The molecule has 0 fully saturated rings. The quantitative estimate of drug-likeness (QED) is 0.511. The molecular formula is C20H21N3OS2. The first-order valence-electron chi connectivity index (χ1n) is 8.58. The van der Waals surface area contributed by atoms with Gasteiger partial charge in [0.2, 0.25) is 0 Å². The fourth-order valence-corrected chi connectivity index (χ4v) is 4.92. The Morgan fingerprint density at radius 3 is 2.88 bits per heavy atom. The van der Waals surface area contributed by atoms with Crippen LogP contribution in [0.25, 0.3) is 16.3 Å². The molecule has 0 unspecified atom stereocenters. The Bertz CT molecular complexity index is 964.